The Balaban J connectivity index is 2.20. The van der Waals surface area contributed by atoms with Crippen molar-refractivity contribution in [3.63, 3.8) is 0 Å². The van der Waals surface area contributed by atoms with E-state index in [9.17, 15) is 9.59 Å². The van der Waals surface area contributed by atoms with E-state index in [-0.39, 0.29) is 17.0 Å². The van der Waals surface area contributed by atoms with Crippen LogP contribution in [-0.4, -0.2) is 49.7 Å². The van der Waals surface area contributed by atoms with Crippen molar-refractivity contribution in [1.82, 2.24) is 9.78 Å². The first-order valence-corrected chi connectivity index (χ1v) is 10.2. The van der Waals surface area contributed by atoms with Crippen molar-refractivity contribution in [2.24, 2.45) is 0 Å². The smallest absolute Gasteiger partial charge is 0.357 e. The highest BCUT2D eigenvalue weighted by molar-refractivity contribution is 6.06. The molecule has 0 radical (unpaired) electrons. The maximum atomic E-state index is 12.7. The SMILES string of the molecule is CCCCOc1ccc(-c2nn(-c3ccccc3)c(C(=O)OC)c2C(=O)OC)cc1OC. The minimum Gasteiger partial charge on any atom is -0.493 e. The molecule has 0 unspecified atom stereocenters. The average Bonchev–Trinajstić information content (AvgIpc) is 3.24. The van der Waals surface area contributed by atoms with E-state index in [1.54, 1.807) is 42.5 Å². The monoisotopic (exact) mass is 438 g/mol. The molecule has 0 saturated heterocycles. The van der Waals surface area contributed by atoms with Gasteiger partial charge in [-0.2, -0.15) is 5.10 Å². The number of nitrogens with zero attached hydrogens (tertiary/aromatic N) is 2. The molecule has 0 fully saturated rings. The number of carbonyl (C=O) groups is 2. The first-order chi connectivity index (χ1) is 15.5. The van der Waals surface area contributed by atoms with Crippen molar-refractivity contribution in [3.05, 3.63) is 59.8 Å². The number of unbranched alkanes of at least 4 members (excludes halogenated alkanes) is 1. The van der Waals surface area contributed by atoms with Gasteiger partial charge in [0.15, 0.2) is 17.2 Å². The van der Waals surface area contributed by atoms with Gasteiger partial charge in [-0.05, 0) is 36.8 Å². The largest absolute Gasteiger partial charge is 0.493 e. The molecule has 0 aliphatic carbocycles. The lowest BCUT2D eigenvalue weighted by Gasteiger charge is -2.12. The third kappa shape index (κ3) is 4.59. The summed E-state index contributed by atoms with van der Waals surface area (Å²) >= 11 is 0. The zero-order valence-corrected chi connectivity index (χ0v) is 18.6. The molecule has 0 amide bonds. The highest BCUT2D eigenvalue weighted by atomic mass is 16.5. The maximum absolute atomic E-state index is 12.7. The summed E-state index contributed by atoms with van der Waals surface area (Å²) in [7, 11) is 4.03. The number of ether oxygens (including phenoxy) is 4. The van der Waals surface area contributed by atoms with E-state index in [1.165, 1.54) is 26.0 Å². The fourth-order valence-corrected chi connectivity index (χ4v) is 3.22. The molecule has 0 aliphatic rings. The third-order valence-corrected chi connectivity index (χ3v) is 4.85. The zero-order valence-electron chi connectivity index (χ0n) is 18.6. The van der Waals surface area contributed by atoms with Gasteiger partial charge in [0.25, 0.3) is 0 Å². The van der Waals surface area contributed by atoms with E-state index >= 15 is 0 Å². The van der Waals surface area contributed by atoms with E-state index in [1.807, 2.05) is 6.07 Å². The molecule has 0 N–H and O–H groups in total. The van der Waals surface area contributed by atoms with Crippen LogP contribution in [0.5, 0.6) is 11.5 Å². The summed E-state index contributed by atoms with van der Waals surface area (Å²) in [5, 5.41) is 4.59. The van der Waals surface area contributed by atoms with Gasteiger partial charge in [-0.25, -0.2) is 14.3 Å². The molecule has 2 aromatic carbocycles. The third-order valence-electron chi connectivity index (χ3n) is 4.85. The standard InChI is InChI=1S/C24H26N2O6/c1-5-6-14-32-18-13-12-16(15-19(18)29-2)21-20(23(27)30-3)22(24(28)31-4)26(25-21)17-10-8-7-9-11-17/h7-13,15H,5-6,14H2,1-4H3. The Hall–Kier alpha value is -3.81. The van der Waals surface area contributed by atoms with Crippen LogP contribution in [0.1, 0.15) is 40.6 Å². The second-order valence-corrected chi connectivity index (χ2v) is 6.87. The van der Waals surface area contributed by atoms with Gasteiger partial charge in [-0.15, -0.1) is 0 Å². The van der Waals surface area contributed by atoms with E-state index in [0.29, 0.717) is 29.4 Å². The molecule has 0 atom stereocenters. The summed E-state index contributed by atoms with van der Waals surface area (Å²) in [4.78, 5) is 25.4. The fourth-order valence-electron chi connectivity index (χ4n) is 3.22. The van der Waals surface area contributed by atoms with Crippen LogP contribution in [0.25, 0.3) is 16.9 Å². The summed E-state index contributed by atoms with van der Waals surface area (Å²) in [6.45, 7) is 2.65. The number of hydrogen-bond donors (Lipinski definition) is 0. The topological polar surface area (TPSA) is 88.9 Å². The molecule has 0 spiro atoms. The number of rotatable bonds is 9. The molecule has 3 rings (SSSR count). The van der Waals surface area contributed by atoms with Gasteiger partial charge in [-0.1, -0.05) is 31.5 Å². The molecule has 8 nitrogen and oxygen atoms in total. The van der Waals surface area contributed by atoms with Crippen molar-refractivity contribution in [2.45, 2.75) is 19.8 Å². The summed E-state index contributed by atoms with van der Waals surface area (Å²) in [5.74, 6) is -0.340. The van der Waals surface area contributed by atoms with Crippen molar-refractivity contribution in [1.29, 1.82) is 0 Å². The molecule has 0 saturated carbocycles. The van der Waals surface area contributed by atoms with Crippen molar-refractivity contribution >= 4 is 11.9 Å². The molecule has 0 aliphatic heterocycles. The molecular formula is C24H26N2O6. The van der Waals surface area contributed by atoms with Crippen LogP contribution in [0.4, 0.5) is 0 Å². The molecule has 8 heteroatoms. The number of para-hydroxylation sites is 1. The maximum Gasteiger partial charge on any atom is 0.357 e. The summed E-state index contributed by atoms with van der Waals surface area (Å²) in [5.41, 5.74) is 1.40. The highest BCUT2D eigenvalue weighted by Crippen LogP contribution is 2.35. The normalized spacial score (nSPS) is 10.5. The molecular weight excluding hydrogens is 412 g/mol. The van der Waals surface area contributed by atoms with Crippen LogP contribution in [0.15, 0.2) is 48.5 Å². The predicted molar refractivity (Wildman–Crippen MR) is 119 cm³/mol. The summed E-state index contributed by atoms with van der Waals surface area (Å²) in [6, 6.07) is 14.2. The number of hydrogen-bond acceptors (Lipinski definition) is 7. The van der Waals surface area contributed by atoms with Crippen molar-refractivity contribution < 1.29 is 28.5 Å². The molecule has 3 aromatic rings. The first kappa shape index (κ1) is 22.9. The number of methoxy groups -OCH3 is 3. The Morgan fingerprint density at radius 1 is 0.938 bits per heavy atom. The van der Waals surface area contributed by atoms with E-state index in [4.69, 9.17) is 18.9 Å². The molecule has 168 valence electrons. The van der Waals surface area contributed by atoms with Gasteiger partial charge in [0.2, 0.25) is 0 Å². The Labute approximate surface area is 186 Å². The van der Waals surface area contributed by atoms with Gasteiger partial charge in [0.05, 0.1) is 33.6 Å². The minimum atomic E-state index is -0.709. The second kappa shape index (κ2) is 10.5. The molecule has 1 heterocycles. The lowest BCUT2D eigenvalue weighted by Crippen LogP contribution is -2.15. The minimum absolute atomic E-state index is 0.00454. The Kier molecular flexibility index (Phi) is 7.49. The van der Waals surface area contributed by atoms with Crippen LogP contribution >= 0.6 is 0 Å². The van der Waals surface area contributed by atoms with E-state index < -0.39 is 11.9 Å². The lowest BCUT2D eigenvalue weighted by atomic mass is 10.0. The van der Waals surface area contributed by atoms with E-state index in [2.05, 4.69) is 12.0 Å². The Morgan fingerprint density at radius 2 is 1.66 bits per heavy atom. The van der Waals surface area contributed by atoms with Crippen LogP contribution < -0.4 is 9.47 Å². The highest BCUT2D eigenvalue weighted by Gasteiger charge is 2.31. The van der Waals surface area contributed by atoms with Crippen molar-refractivity contribution in [3.8, 4) is 28.4 Å². The van der Waals surface area contributed by atoms with Gasteiger partial charge in [0.1, 0.15) is 11.3 Å². The number of benzene rings is 2. The fraction of sp³-hybridized carbons (Fsp3) is 0.292. The van der Waals surface area contributed by atoms with Crippen LogP contribution in [0.3, 0.4) is 0 Å². The number of esters is 2. The van der Waals surface area contributed by atoms with Crippen molar-refractivity contribution in [2.75, 3.05) is 27.9 Å². The van der Waals surface area contributed by atoms with Crippen LogP contribution in [0.2, 0.25) is 0 Å². The average molecular weight is 438 g/mol. The molecule has 1 aromatic heterocycles. The Morgan fingerprint density at radius 3 is 2.28 bits per heavy atom. The quantitative estimate of drug-likeness (QED) is 0.363. The molecule has 32 heavy (non-hydrogen) atoms. The zero-order chi connectivity index (χ0) is 23.1. The van der Waals surface area contributed by atoms with Crippen LogP contribution in [-0.2, 0) is 9.47 Å². The van der Waals surface area contributed by atoms with Gasteiger partial charge >= 0.3 is 11.9 Å². The summed E-state index contributed by atoms with van der Waals surface area (Å²) in [6.07, 6.45) is 1.93. The van der Waals surface area contributed by atoms with Gasteiger partial charge in [-0.3, -0.25) is 0 Å². The predicted octanol–water partition coefficient (Wildman–Crippen LogP) is 4.30. The summed E-state index contributed by atoms with van der Waals surface area (Å²) < 4.78 is 22.6. The number of carbonyl (C=O) groups excluding carboxylic acids is 2. The number of aromatic nitrogens is 2. The first-order valence-electron chi connectivity index (χ1n) is 10.2. The van der Waals surface area contributed by atoms with E-state index in [0.717, 1.165) is 12.8 Å². The van der Waals surface area contributed by atoms with Gasteiger partial charge in [0, 0.05) is 5.56 Å². The van der Waals surface area contributed by atoms with Gasteiger partial charge < -0.3 is 18.9 Å². The molecule has 0 bridgehead atoms. The lowest BCUT2D eigenvalue weighted by molar-refractivity contribution is 0.0549. The Bertz CT molecular complexity index is 1090. The van der Waals surface area contributed by atoms with Crippen LogP contribution in [0, 0.1) is 0 Å². The second-order valence-electron chi connectivity index (χ2n) is 6.87.